The zero-order chi connectivity index (χ0) is 11.4. The van der Waals surface area contributed by atoms with E-state index < -0.39 is 0 Å². The Morgan fingerprint density at radius 3 is 2.00 bits per heavy atom. The van der Waals surface area contributed by atoms with Gasteiger partial charge in [0.25, 0.3) is 0 Å². The first-order valence-corrected chi connectivity index (χ1v) is 7.59. The number of hydrogen-bond donors (Lipinski definition) is 0. The van der Waals surface area contributed by atoms with Gasteiger partial charge in [0.05, 0.1) is 0 Å². The molecule has 1 saturated carbocycles. The molecule has 0 aromatic heterocycles. The van der Waals surface area contributed by atoms with Crippen LogP contribution in [0.1, 0.15) is 58.3 Å². The quantitative estimate of drug-likeness (QED) is 0.523. The fraction of sp³-hybridized carbons (Fsp3) is 1.00. The first-order chi connectivity index (χ1) is 7.77. The van der Waals surface area contributed by atoms with E-state index in [9.17, 15) is 0 Å². The van der Waals surface area contributed by atoms with Crippen LogP contribution < -0.4 is 0 Å². The maximum absolute atomic E-state index is 6.20. The molecule has 2 aliphatic rings. The van der Waals surface area contributed by atoms with Crippen LogP contribution in [0, 0.1) is 5.92 Å². The van der Waals surface area contributed by atoms with E-state index in [0.717, 1.165) is 12.0 Å². The third-order valence-electron chi connectivity index (χ3n) is 4.56. The van der Waals surface area contributed by atoms with E-state index >= 15 is 0 Å². The van der Waals surface area contributed by atoms with Crippen LogP contribution in [-0.4, -0.2) is 29.4 Å². The molecular formula is C14H26ClN. The summed E-state index contributed by atoms with van der Waals surface area (Å²) >= 11 is 6.20. The van der Waals surface area contributed by atoms with Crippen LogP contribution in [0.4, 0.5) is 0 Å². The SMILES string of the molecule is CC(Cl)C1CCN(C2CCCCCC2)CC1. The maximum atomic E-state index is 6.20. The molecule has 2 fully saturated rings. The second-order valence-corrected chi connectivity index (χ2v) is 6.38. The van der Waals surface area contributed by atoms with Crippen molar-refractivity contribution >= 4 is 11.6 Å². The van der Waals surface area contributed by atoms with Gasteiger partial charge in [-0.3, -0.25) is 0 Å². The normalized spacial score (nSPS) is 28.9. The fourth-order valence-corrected chi connectivity index (χ4v) is 3.62. The summed E-state index contributed by atoms with van der Waals surface area (Å²) in [6.45, 7) is 4.76. The van der Waals surface area contributed by atoms with Crippen molar-refractivity contribution in [1.82, 2.24) is 4.90 Å². The van der Waals surface area contributed by atoms with E-state index in [0.29, 0.717) is 5.38 Å². The molecule has 1 saturated heterocycles. The van der Waals surface area contributed by atoms with Gasteiger partial charge in [0, 0.05) is 11.4 Å². The van der Waals surface area contributed by atoms with Crippen LogP contribution in [0.3, 0.4) is 0 Å². The Kier molecular flexibility index (Phi) is 4.97. The topological polar surface area (TPSA) is 3.24 Å². The van der Waals surface area contributed by atoms with E-state index in [1.165, 1.54) is 64.5 Å². The standard InChI is InChI=1S/C14H26ClN/c1-12(15)13-8-10-16(11-9-13)14-6-4-2-3-5-7-14/h12-14H,2-11H2,1H3. The fourth-order valence-electron chi connectivity index (χ4n) is 3.37. The molecule has 1 atom stereocenters. The lowest BCUT2D eigenvalue weighted by Crippen LogP contribution is -2.42. The maximum Gasteiger partial charge on any atom is 0.0337 e. The lowest BCUT2D eigenvalue weighted by Gasteiger charge is -2.38. The summed E-state index contributed by atoms with van der Waals surface area (Å²) in [5.41, 5.74) is 0. The Morgan fingerprint density at radius 1 is 0.938 bits per heavy atom. The summed E-state index contributed by atoms with van der Waals surface area (Å²) in [5, 5.41) is 0.372. The van der Waals surface area contributed by atoms with Crippen LogP contribution in [0.25, 0.3) is 0 Å². The summed E-state index contributed by atoms with van der Waals surface area (Å²) in [6.07, 6.45) is 11.4. The monoisotopic (exact) mass is 243 g/mol. The van der Waals surface area contributed by atoms with Crippen molar-refractivity contribution in [3.05, 3.63) is 0 Å². The molecular weight excluding hydrogens is 218 g/mol. The molecule has 0 radical (unpaired) electrons. The van der Waals surface area contributed by atoms with Gasteiger partial charge < -0.3 is 4.90 Å². The average Bonchev–Trinajstić information content (AvgIpc) is 2.57. The number of likely N-dealkylation sites (tertiary alicyclic amines) is 1. The first kappa shape index (κ1) is 12.7. The van der Waals surface area contributed by atoms with Crippen molar-refractivity contribution in [2.45, 2.75) is 69.7 Å². The number of hydrogen-bond acceptors (Lipinski definition) is 1. The molecule has 0 aromatic rings. The van der Waals surface area contributed by atoms with E-state index in [-0.39, 0.29) is 0 Å². The predicted molar refractivity (Wildman–Crippen MR) is 71.1 cm³/mol. The Balaban J connectivity index is 1.78. The molecule has 0 aromatic carbocycles. The Bertz CT molecular complexity index is 189. The summed E-state index contributed by atoms with van der Waals surface area (Å²) in [6, 6.07) is 0.897. The molecule has 2 rings (SSSR count). The number of nitrogens with zero attached hydrogens (tertiary/aromatic N) is 1. The summed E-state index contributed by atoms with van der Waals surface area (Å²) in [4.78, 5) is 2.75. The number of piperidine rings is 1. The average molecular weight is 244 g/mol. The van der Waals surface area contributed by atoms with E-state index in [4.69, 9.17) is 11.6 Å². The Labute approximate surface area is 106 Å². The molecule has 1 aliphatic heterocycles. The summed E-state index contributed by atoms with van der Waals surface area (Å²) in [7, 11) is 0. The lowest BCUT2D eigenvalue weighted by molar-refractivity contribution is 0.121. The van der Waals surface area contributed by atoms with E-state index in [1.54, 1.807) is 0 Å². The van der Waals surface area contributed by atoms with Gasteiger partial charge in [-0.25, -0.2) is 0 Å². The number of halogens is 1. The first-order valence-electron chi connectivity index (χ1n) is 7.15. The zero-order valence-corrected chi connectivity index (χ0v) is 11.4. The van der Waals surface area contributed by atoms with Gasteiger partial charge in [-0.2, -0.15) is 0 Å². The van der Waals surface area contributed by atoms with Gasteiger partial charge in [-0.1, -0.05) is 25.7 Å². The molecule has 2 heteroatoms. The number of rotatable bonds is 2. The van der Waals surface area contributed by atoms with Crippen molar-refractivity contribution in [2.24, 2.45) is 5.92 Å². The van der Waals surface area contributed by atoms with Gasteiger partial charge in [-0.05, 0) is 51.6 Å². The summed E-state index contributed by atoms with van der Waals surface area (Å²) in [5.74, 6) is 0.767. The van der Waals surface area contributed by atoms with E-state index in [2.05, 4.69) is 11.8 Å². The van der Waals surface area contributed by atoms with Crippen molar-refractivity contribution in [1.29, 1.82) is 0 Å². The van der Waals surface area contributed by atoms with Gasteiger partial charge in [0.2, 0.25) is 0 Å². The zero-order valence-electron chi connectivity index (χ0n) is 10.6. The van der Waals surface area contributed by atoms with Crippen molar-refractivity contribution in [3.8, 4) is 0 Å². The molecule has 16 heavy (non-hydrogen) atoms. The second kappa shape index (κ2) is 6.26. The van der Waals surface area contributed by atoms with Gasteiger partial charge in [0.15, 0.2) is 0 Å². The molecule has 1 heterocycles. The predicted octanol–water partition coefficient (Wildman–Crippen LogP) is 4.05. The van der Waals surface area contributed by atoms with Crippen LogP contribution in [0.15, 0.2) is 0 Å². The summed E-state index contributed by atoms with van der Waals surface area (Å²) < 4.78 is 0. The number of alkyl halides is 1. The van der Waals surface area contributed by atoms with Crippen molar-refractivity contribution in [3.63, 3.8) is 0 Å². The van der Waals surface area contributed by atoms with E-state index in [1.807, 2.05) is 0 Å². The van der Waals surface area contributed by atoms with Crippen LogP contribution in [0.2, 0.25) is 0 Å². The highest BCUT2D eigenvalue weighted by Crippen LogP contribution is 2.29. The third-order valence-corrected chi connectivity index (χ3v) is 4.92. The Hall–Kier alpha value is 0.250. The van der Waals surface area contributed by atoms with Gasteiger partial charge >= 0.3 is 0 Å². The van der Waals surface area contributed by atoms with Crippen molar-refractivity contribution in [2.75, 3.05) is 13.1 Å². The molecule has 1 unspecified atom stereocenters. The van der Waals surface area contributed by atoms with Gasteiger partial charge in [-0.15, -0.1) is 11.6 Å². The smallest absolute Gasteiger partial charge is 0.0337 e. The van der Waals surface area contributed by atoms with Crippen LogP contribution >= 0.6 is 11.6 Å². The molecule has 0 amide bonds. The largest absolute Gasteiger partial charge is 0.300 e. The minimum atomic E-state index is 0.372. The lowest BCUT2D eigenvalue weighted by atomic mass is 9.92. The molecule has 0 spiro atoms. The third kappa shape index (κ3) is 3.37. The highest BCUT2D eigenvalue weighted by molar-refractivity contribution is 6.20. The molecule has 1 aliphatic carbocycles. The highest BCUT2D eigenvalue weighted by Gasteiger charge is 2.27. The van der Waals surface area contributed by atoms with Crippen LogP contribution in [-0.2, 0) is 0 Å². The second-order valence-electron chi connectivity index (χ2n) is 5.70. The van der Waals surface area contributed by atoms with Gasteiger partial charge in [0.1, 0.15) is 0 Å². The van der Waals surface area contributed by atoms with Crippen molar-refractivity contribution < 1.29 is 0 Å². The molecule has 1 nitrogen and oxygen atoms in total. The molecule has 0 bridgehead atoms. The molecule has 0 N–H and O–H groups in total. The minimum absolute atomic E-state index is 0.372. The Morgan fingerprint density at radius 2 is 1.50 bits per heavy atom. The highest BCUT2D eigenvalue weighted by atomic mass is 35.5. The molecule has 94 valence electrons. The minimum Gasteiger partial charge on any atom is -0.300 e. The van der Waals surface area contributed by atoms with Crippen LogP contribution in [0.5, 0.6) is 0 Å².